The molecule has 0 aromatic carbocycles. The van der Waals surface area contributed by atoms with Crippen LogP contribution in [0.25, 0.3) is 0 Å². The van der Waals surface area contributed by atoms with E-state index in [1.165, 1.54) is 12.5 Å². The average molecular weight is 363 g/mol. The molecule has 26 heavy (non-hydrogen) atoms. The highest BCUT2D eigenvalue weighted by Crippen LogP contribution is 2.67. The number of carbonyl (C=O) groups excluding carboxylic acids is 1. The molecule has 4 aliphatic carbocycles. The van der Waals surface area contributed by atoms with Gasteiger partial charge in [-0.2, -0.15) is 0 Å². The van der Waals surface area contributed by atoms with Gasteiger partial charge in [0.15, 0.2) is 0 Å². The van der Waals surface area contributed by atoms with E-state index in [4.69, 9.17) is 4.74 Å². The van der Waals surface area contributed by atoms with E-state index in [-0.39, 0.29) is 34.7 Å². The molecule has 0 heterocycles. The first-order valence-electron chi connectivity index (χ1n) is 10.4. The number of hydrogen-bond acceptors (Lipinski definition) is 4. The molecular formula is C22H34O4. The number of esters is 1. The molecule has 4 saturated carbocycles. The number of rotatable bonds is 1. The van der Waals surface area contributed by atoms with Crippen molar-refractivity contribution in [3.8, 4) is 0 Å². The van der Waals surface area contributed by atoms with Crippen LogP contribution in [-0.2, 0) is 9.53 Å². The molecule has 4 unspecified atom stereocenters. The molecule has 4 fully saturated rings. The molecule has 0 bridgehead atoms. The van der Waals surface area contributed by atoms with Crippen molar-refractivity contribution in [3.63, 3.8) is 0 Å². The van der Waals surface area contributed by atoms with Gasteiger partial charge in [-0.15, -0.1) is 0 Å². The quantitative estimate of drug-likeness (QED) is 0.554. The second kappa shape index (κ2) is 6.07. The number of carbonyl (C=O) groups is 1. The Morgan fingerprint density at radius 3 is 2.50 bits per heavy atom. The van der Waals surface area contributed by atoms with E-state index in [1.807, 2.05) is 0 Å². The van der Waals surface area contributed by atoms with Crippen LogP contribution in [0.5, 0.6) is 0 Å². The Morgan fingerprint density at radius 2 is 1.81 bits per heavy atom. The van der Waals surface area contributed by atoms with Crippen LogP contribution in [0.2, 0.25) is 0 Å². The number of allylic oxidation sites excluding steroid dienone is 1. The topological polar surface area (TPSA) is 66.8 Å². The zero-order valence-electron chi connectivity index (χ0n) is 16.4. The molecule has 4 rings (SSSR count). The highest BCUT2D eigenvalue weighted by atomic mass is 16.5. The summed E-state index contributed by atoms with van der Waals surface area (Å²) in [5.74, 6) is 0.798. The standard InChI is InChI=1S/C22H34O4/c1-12-5-7-15-18-16(9-10-21(12,15)3)22(4)11-14(26-13(2)23)6-8-17(22)19(24)20(18)25/h14-20,24-25H,1,5-11H2,2-4H3/t14-,15?,16?,17?,18?,19+,20+,21+,22+/m0/s1. The maximum Gasteiger partial charge on any atom is 0.302 e. The van der Waals surface area contributed by atoms with Crippen molar-refractivity contribution < 1.29 is 19.7 Å². The molecule has 0 saturated heterocycles. The van der Waals surface area contributed by atoms with Crippen molar-refractivity contribution in [2.24, 2.45) is 34.5 Å². The zero-order valence-corrected chi connectivity index (χ0v) is 16.4. The molecule has 4 heteroatoms. The Labute approximate surface area is 157 Å². The molecule has 0 radical (unpaired) electrons. The van der Waals surface area contributed by atoms with E-state index in [1.54, 1.807) is 0 Å². The summed E-state index contributed by atoms with van der Waals surface area (Å²) in [4.78, 5) is 11.5. The lowest BCUT2D eigenvalue weighted by Crippen LogP contribution is -2.64. The molecule has 0 aromatic heterocycles. The molecule has 0 amide bonds. The van der Waals surface area contributed by atoms with Gasteiger partial charge in [-0.05, 0) is 79.4 Å². The Hall–Kier alpha value is -0.870. The molecule has 4 nitrogen and oxygen atoms in total. The van der Waals surface area contributed by atoms with Gasteiger partial charge < -0.3 is 14.9 Å². The van der Waals surface area contributed by atoms with Gasteiger partial charge in [-0.25, -0.2) is 0 Å². The molecule has 9 atom stereocenters. The van der Waals surface area contributed by atoms with Gasteiger partial charge in [-0.1, -0.05) is 26.0 Å². The van der Waals surface area contributed by atoms with E-state index >= 15 is 0 Å². The third kappa shape index (κ3) is 2.44. The Balaban J connectivity index is 1.68. The molecule has 2 N–H and O–H groups in total. The minimum Gasteiger partial charge on any atom is -0.463 e. The smallest absolute Gasteiger partial charge is 0.302 e. The fraction of sp³-hybridized carbons (Fsp3) is 0.864. The lowest BCUT2D eigenvalue weighted by molar-refractivity contribution is -0.221. The van der Waals surface area contributed by atoms with Gasteiger partial charge in [0, 0.05) is 6.92 Å². The summed E-state index contributed by atoms with van der Waals surface area (Å²) < 4.78 is 5.57. The number of ether oxygens (including phenoxy) is 1. The van der Waals surface area contributed by atoms with Crippen LogP contribution in [-0.4, -0.2) is 34.5 Å². The number of fused-ring (bicyclic) bond motifs is 5. The third-order valence-electron chi connectivity index (χ3n) is 8.94. The predicted octanol–water partition coefficient (Wildman–Crippen LogP) is 3.46. The first-order chi connectivity index (χ1) is 12.2. The van der Waals surface area contributed by atoms with Crippen LogP contribution in [0.3, 0.4) is 0 Å². The van der Waals surface area contributed by atoms with Crippen molar-refractivity contribution in [2.45, 2.75) is 84.0 Å². The lowest BCUT2D eigenvalue weighted by Gasteiger charge is -2.63. The molecular weight excluding hydrogens is 328 g/mol. The van der Waals surface area contributed by atoms with E-state index in [2.05, 4.69) is 20.4 Å². The summed E-state index contributed by atoms with van der Waals surface area (Å²) in [6, 6.07) is 0. The van der Waals surface area contributed by atoms with Crippen molar-refractivity contribution in [3.05, 3.63) is 12.2 Å². The second-order valence-electron chi connectivity index (χ2n) is 10.00. The van der Waals surface area contributed by atoms with Crippen molar-refractivity contribution in [2.75, 3.05) is 0 Å². The van der Waals surface area contributed by atoms with Gasteiger partial charge in [0.1, 0.15) is 6.10 Å². The van der Waals surface area contributed by atoms with Crippen LogP contribution in [0.15, 0.2) is 12.2 Å². The number of aliphatic hydroxyl groups is 2. The predicted molar refractivity (Wildman–Crippen MR) is 99.2 cm³/mol. The summed E-state index contributed by atoms with van der Waals surface area (Å²) in [7, 11) is 0. The normalized spacial score (nSPS) is 53.4. The lowest BCUT2D eigenvalue weighted by atomic mass is 9.43. The van der Waals surface area contributed by atoms with Crippen LogP contribution in [0.4, 0.5) is 0 Å². The molecule has 0 aromatic rings. The highest BCUT2D eigenvalue weighted by molar-refractivity contribution is 5.66. The van der Waals surface area contributed by atoms with E-state index in [0.717, 1.165) is 44.9 Å². The summed E-state index contributed by atoms with van der Waals surface area (Å²) >= 11 is 0. The number of hydrogen-bond donors (Lipinski definition) is 2. The van der Waals surface area contributed by atoms with Crippen molar-refractivity contribution in [1.29, 1.82) is 0 Å². The maximum atomic E-state index is 11.5. The third-order valence-corrected chi connectivity index (χ3v) is 8.94. The average Bonchev–Trinajstić information content (AvgIpc) is 2.87. The Morgan fingerprint density at radius 1 is 1.08 bits per heavy atom. The van der Waals surface area contributed by atoms with E-state index in [9.17, 15) is 15.0 Å². The summed E-state index contributed by atoms with van der Waals surface area (Å²) in [5, 5.41) is 22.2. The molecule has 0 aliphatic heterocycles. The van der Waals surface area contributed by atoms with Crippen molar-refractivity contribution in [1.82, 2.24) is 0 Å². The fourth-order valence-corrected chi connectivity index (χ4v) is 7.58. The second-order valence-corrected chi connectivity index (χ2v) is 10.00. The van der Waals surface area contributed by atoms with Crippen molar-refractivity contribution >= 4 is 5.97 Å². The van der Waals surface area contributed by atoms with Crippen LogP contribution in [0, 0.1) is 34.5 Å². The molecule has 0 spiro atoms. The fourth-order valence-electron chi connectivity index (χ4n) is 7.58. The van der Waals surface area contributed by atoms with Gasteiger partial charge in [0.25, 0.3) is 0 Å². The Bertz CT molecular complexity index is 615. The first kappa shape index (κ1) is 18.5. The van der Waals surface area contributed by atoms with Gasteiger partial charge >= 0.3 is 5.97 Å². The number of aliphatic hydroxyl groups excluding tert-OH is 2. The van der Waals surface area contributed by atoms with Crippen LogP contribution >= 0.6 is 0 Å². The van der Waals surface area contributed by atoms with E-state index in [0.29, 0.717) is 11.8 Å². The van der Waals surface area contributed by atoms with Gasteiger partial charge in [0.05, 0.1) is 12.2 Å². The zero-order chi connectivity index (χ0) is 18.9. The SMILES string of the molecule is C=C1CCC2C3C(CC[C@]12C)[C@@]1(C)C[C@@H](OC(C)=O)CCC1[C@@H](O)[C@@H]3O. The largest absolute Gasteiger partial charge is 0.463 e. The van der Waals surface area contributed by atoms with Crippen LogP contribution < -0.4 is 0 Å². The molecule has 4 aliphatic rings. The highest BCUT2D eigenvalue weighted by Gasteiger charge is 2.64. The monoisotopic (exact) mass is 362 g/mol. The Kier molecular flexibility index (Phi) is 4.31. The first-order valence-corrected chi connectivity index (χ1v) is 10.4. The maximum absolute atomic E-state index is 11.5. The minimum absolute atomic E-state index is 0.0521. The minimum atomic E-state index is -0.671. The summed E-state index contributed by atoms with van der Waals surface area (Å²) in [6.07, 6.45) is 5.38. The summed E-state index contributed by atoms with van der Waals surface area (Å²) in [5.41, 5.74) is 1.36. The van der Waals surface area contributed by atoms with Gasteiger partial charge in [-0.3, -0.25) is 4.79 Å². The molecule has 146 valence electrons. The van der Waals surface area contributed by atoms with E-state index < -0.39 is 12.2 Å². The van der Waals surface area contributed by atoms with Crippen LogP contribution in [0.1, 0.15) is 65.7 Å². The van der Waals surface area contributed by atoms with Gasteiger partial charge in [0.2, 0.25) is 0 Å². The summed E-state index contributed by atoms with van der Waals surface area (Å²) in [6.45, 7) is 10.4.